The molecule has 2 nitrogen and oxygen atoms in total. The van der Waals surface area contributed by atoms with Crippen molar-refractivity contribution in [2.75, 3.05) is 0 Å². The van der Waals surface area contributed by atoms with E-state index in [0.29, 0.717) is 0 Å². The molecule has 1 rings (SSSR count). The third-order valence-corrected chi connectivity index (χ3v) is 2.24. The lowest BCUT2D eigenvalue weighted by Gasteiger charge is -2.14. The van der Waals surface area contributed by atoms with Gasteiger partial charge in [-0.15, -0.1) is 0 Å². The largest absolute Gasteiger partial charge is 0.271 e. The molecule has 0 spiro atoms. The maximum Gasteiger partial charge on any atom is 0.123 e. The standard InChI is InChI=1S/C11H17FN2/c1-2-4-11(14-13)8-9-5-3-6-10(12)7-9/h3,5-7,11,14H,2,4,8,13H2,1H3. The van der Waals surface area contributed by atoms with Gasteiger partial charge in [0.2, 0.25) is 0 Å². The zero-order valence-corrected chi connectivity index (χ0v) is 8.46. The third kappa shape index (κ3) is 3.44. The van der Waals surface area contributed by atoms with E-state index in [4.69, 9.17) is 5.84 Å². The summed E-state index contributed by atoms with van der Waals surface area (Å²) in [4.78, 5) is 0. The number of hydrogen-bond acceptors (Lipinski definition) is 2. The first-order valence-electron chi connectivity index (χ1n) is 4.96. The van der Waals surface area contributed by atoms with Crippen molar-refractivity contribution < 1.29 is 4.39 Å². The summed E-state index contributed by atoms with van der Waals surface area (Å²) in [6.45, 7) is 2.11. The minimum absolute atomic E-state index is 0.185. The van der Waals surface area contributed by atoms with Gasteiger partial charge >= 0.3 is 0 Å². The second kappa shape index (κ2) is 5.73. The van der Waals surface area contributed by atoms with Crippen LogP contribution in [0, 0.1) is 5.82 Å². The Hall–Kier alpha value is -0.930. The molecule has 0 fully saturated rings. The first-order chi connectivity index (χ1) is 6.76. The number of nitrogens with two attached hydrogens (primary N) is 1. The fraction of sp³-hybridized carbons (Fsp3) is 0.455. The lowest BCUT2D eigenvalue weighted by molar-refractivity contribution is 0.485. The molecule has 1 unspecified atom stereocenters. The summed E-state index contributed by atoms with van der Waals surface area (Å²) in [7, 11) is 0. The van der Waals surface area contributed by atoms with Gasteiger partial charge in [0.15, 0.2) is 0 Å². The van der Waals surface area contributed by atoms with Crippen LogP contribution in [-0.2, 0) is 6.42 Å². The number of halogens is 1. The Balaban J connectivity index is 2.57. The third-order valence-electron chi connectivity index (χ3n) is 2.24. The van der Waals surface area contributed by atoms with Crippen molar-refractivity contribution in [3.8, 4) is 0 Å². The minimum Gasteiger partial charge on any atom is -0.271 e. The van der Waals surface area contributed by atoms with E-state index in [9.17, 15) is 4.39 Å². The number of hydrogen-bond donors (Lipinski definition) is 2. The van der Waals surface area contributed by atoms with Gasteiger partial charge in [-0.3, -0.25) is 11.3 Å². The Morgan fingerprint density at radius 3 is 2.86 bits per heavy atom. The van der Waals surface area contributed by atoms with Crippen molar-refractivity contribution in [1.82, 2.24) is 5.43 Å². The molecule has 14 heavy (non-hydrogen) atoms. The molecule has 0 amide bonds. The smallest absolute Gasteiger partial charge is 0.123 e. The van der Waals surface area contributed by atoms with E-state index in [-0.39, 0.29) is 11.9 Å². The molecule has 0 aliphatic rings. The normalized spacial score (nSPS) is 12.8. The molecule has 0 saturated carbocycles. The molecular weight excluding hydrogens is 179 g/mol. The predicted molar refractivity (Wildman–Crippen MR) is 56.1 cm³/mol. The highest BCUT2D eigenvalue weighted by molar-refractivity contribution is 5.17. The van der Waals surface area contributed by atoms with E-state index in [1.807, 2.05) is 6.07 Å². The summed E-state index contributed by atoms with van der Waals surface area (Å²) < 4.78 is 12.9. The van der Waals surface area contributed by atoms with Gasteiger partial charge in [-0.1, -0.05) is 25.5 Å². The van der Waals surface area contributed by atoms with Crippen LogP contribution in [0.4, 0.5) is 4.39 Å². The van der Waals surface area contributed by atoms with Crippen LogP contribution in [0.1, 0.15) is 25.3 Å². The van der Waals surface area contributed by atoms with E-state index in [2.05, 4.69) is 12.3 Å². The molecule has 1 aromatic carbocycles. The van der Waals surface area contributed by atoms with Crippen molar-refractivity contribution in [1.29, 1.82) is 0 Å². The average molecular weight is 196 g/mol. The van der Waals surface area contributed by atoms with Crippen molar-refractivity contribution in [3.05, 3.63) is 35.6 Å². The van der Waals surface area contributed by atoms with Crippen LogP contribution < -0.4 is 11.3 Å². The molecular formula is C11H17FN2. The Morgan fingerprint density at radius 2 is 2.29 bits per heavy atom. The molecule has 0 aliphatic heterocycles. The summed E-state index contributed by atoms with van der Waals surface area (Å²) in [6, 6.07) is 6.89. The summed E-state index contributed by atoms with van der Waals surface area (Å²) in [5, 5.41) is 0. The van der Waals surface area contributed by atoms with E-state index >= 15 is 0 Å². The van der Waals surface area contributed by atoms with Crippen LogP contribution in [0.15, 0.2) is 24.3 Å². The van der Waals surface area contributed by atoms with Crippen molar-refractivity contribution in [2.45, 2.75) is 32.2 Å². The zero-order valence-electron chi connectivity index (χ0n) is 8.46. The maximum absolute atomic E-state index is 12.9. The van der Waals surface area contributed by atoms with Crippen molar-refractivity contribution in [3.63, 3.8) is 0 Å². The van der Waals surface area contributed by atoms with Gasteiger partial charge in [-0.2, -0.15) is 0 Å². The van der Waals surface area contributed by atoms with Gasteiger partial charge in [-0.25, -0.2) is 4.39 Å². The van der Waals surface area contributed by atoms with Crippen LogP contribution in [0.3, 0.4) is 0 Å². The van der Waals surface area contributed by atoms with Gasteiger partial charge in [0.25, 0.3) is 0 Å². The Morgan fingerprint density at radius 1 is 1.50 bits per heavy atom. The number of nitrogens with one attached hydrogen (secondary N) is 1. The minimum atomic E-state index is -0.185. The number of hydrazine groups is 1. The monoisotopic (exact) mass is 196 g/mol. The first-order valence-corrected chi connectivity index (χ1v) is 4.96. The molecule has 0 aliphatic carbocycles. The molecule has 0 aromatic heterocycles. The molecule has 1 aromatic rings. The fourth-order valence-electron chi connectivity index (χ4n) is 1.54. The summed E-state index contributed by atoms with van der Waals surface area (Å²) in [5.41, 5.74) is 3.74. The highest BCUT2D eigenvalue weighted by Crippen LogP contribution is 2.08. The summed E-state index contributed by atoms with van der Waals surface area (Å²) in [6.07, 6.45) is 2.86. The molecule has 0 radical (unpaired) electrons. The second-order valence-corrected chi connectivity index (χ2v) is 3.49. The Kier molecular flexibility index (Phi) is 4.56. The van der Waals surface area contributed by atoms with Crippen LogP contribution in [0.25, 0.3) is 0 Å². The van der Waals surface area contributed by atoms with E-state index in [1.165, 1.54) is 6.07 Å². The second-order valence-electron chi connectivity index (χ2n) is 3.49. The molecule has 0 bridgehead atoms. The number of rotatable bonds is 5. The van der Waals surface area contributed by atoms with Gasteiger partial charge in [0.1, 0.15) is 5.82 Å². The van der Waals surface area contributed by atoms with Gasteiger partial charge in [-0.05, 0) is 30.5 Å². The van der Waals surface area contributed by atoms with Crippen LogP contribution in [0.2, 0.25) is 0 Å². The molecule has 78 valence electrons. The molecule has 0 heterocycles. The van der Waals surface area contributed by atoms with Crippen LogP contribution in [-0.4, -0.2) is 6.04 Å². The van der Waals surface area contributed by atoms with Crippen molar-refractivity contribution >= 4 is 0 Å². The molecule has 0 saturated heterocycles. The van der Waals surface area contributed by atoms with Crippen LogP contribution >= 0.6 is 0 Å². The Bertz CT molecular complexity index is 276. The average Bonchev–Trinajstić information content (AvgIpc) is 2.17. The van der Waals surface area contributed by atoms with E-state index < -0.39 is 0 Å². The fourth-order valence-corrected chi connectivity index (χ4v) is 1.54. The van der Waals surface area contributed by atoms with Gasteiger partial charge < -0.3 is 0 Å². The SMILES string of the molecule is CCCC(Cc1cccc(F)c1)NN. The molecule has 3 N–H and O–H groups in total. The first kappa shape index (κ1) is 11.1. The van der Waals surface area contributed by atoms with E-state index in [0.717, 1.165) is 24.8 Å². The van der Waals surface area contributed by atoms with E-state index in [1.54, 1.807) is 12.1 Å². The lowest BCUT2D eigenvalue weighted by atomic mass is 10.0. The molecule has 3 heteroatoms. The quantitative estimate of drug-likeness (QED) is 0.558. The number of benzene rings is 1. The van der Waals surface area contributed by atoms with Crippen molar-refractivity contribution in [2.24, 2.45) is 5.84 Å². The highest BCUT2D eigenvalue weighted by atomic mass is 19.1. The summed E-state index contributed by atoms with van der Waals surface area (Å²) in [5.74, 6) is 5.22. The molecule has 1 atom stereocenters. The van der Waals surface area contributed by atoms with Gasteiger partial charge in [0.05, 0.1) is 0 Å². The summed E-state index contributed by atoms with van der Waals surface area (Å²) >= 11 is 0. The van der Waals surface area contributed by atoms with Gasteiger partial charge in [0, 0.05) is 6.04 Å². The lowest BCUT2D eigenvalue weighted by Crippen LogP contribution is -2.36. The van der Waals surface area contributed by atoms with Crippen LogP contribution in [0.5, 0.6) is 0 Å². The zero-order chi connectivity index (χ0) is 10.4. The highest BCUT2D eigenvalue weighted by Gasteiger charge is 2.06. The Labute approximate surface area is 84.3 Å². The maximum atomic E-state index is 12.9. The predicted octanol–water partition coefficient (Wildman–Crippen LogP) is 2.00. The topological polar surface area (TPSA) is 38.0 Å².